The molecule has 0 bridgehead atoms. The second-order valence-corrected chi connectivity index (χ2v) is 8.11. The van der Waals surface area contributed by atoms with Gasteiger partial charge in [-0.2, -0.15) is 0 Å². The van der Waals surface area contributed by atoms with Crippen LogP contribution in [0.2, 0.25) is 0 Å². The van der Waals surface area contributed by atoms with Crippen LogP contribution in [-0.4, -0.2) is 0 Å². The van der Waals surface area contributed by atoms with Crippen LogP contribution in [0.4, 0.5) is 0 Å². The first-order valence-electron chi connectivity index (χ1n) is 10.6. The van der Waals surface area contributed by atoms with Gasteiger partial charge < -0.3 is 0 Å². The van der Waals surface area contributed by atoms with Crippen LogP contribution < -0.4 is 0 Å². The highest BCUT2D eigenvalue weighted by atomic mass is 14.3. The Hall–Kier alpha value is -1.30. The van der Waals surface area contributed by atoms with E-state index in [0.717, 1.165) is 17.8 Å². The lowest BCUT2D eigenvalue weighted by molar-refractivity contribution is 0.295. The van der Waals surface area contributed by atoms with Crippen molar-refractivity contribution in [3.05, 3.63) is 54.1 Å². The summed E-state index contributed by atoms with van der Waals surface area (Å²) in [6.45, 7) is 10.7. The number of allylic oxidation sites excluding steroid dienone is 3. The molecule has 0 N–H and O–H groups in total. The largest absolute Gasteiger partial charge is 0.0985 e. The third-order valence-corrected chi connectivity index (χ3v) is 6.18. The third-order valence-electron chi connectivity index (χ3n) is 6.18. The maximum atomic E-state index is 3.91. The minimum absolute atomic E-state index is 0.780. The fourth-order valence-corrected chi connectivity index (χ4v) is 4.53. The monoisotopic (exact) mass is 338 g/mol. The molecular weight excluding hydrogens is 300 g/mol. The molecule has 1 saturated carbocycles. The van der Waals surface area contributed by atoms with E-state index in [4.69, 9.17) is 0 Å². The molecule has 0 aliphatic heterocycles. The summed E-state index contributed by atoms with van der Waals surface area (Å²) in [6.07, 6.45) is 16.8. The fourth-order valence-electron chi connectivity index (χ4n) is 4.53. The van der Waals surface area contributed by atoms with Crippen molar-refractivity contribution in [2.45, 2.75) is 84.5 Å². The molecule has 0 heteroatoms. The zero-order valence-electron chi connectivity index (χ0n) is 16.8. The van der Waals surface area contributed by atoms with Gasteiger partial charge in [-0.15, -0.1) is 0 Å². The van der Waals surface area contributed by atoms with Crippen LogP contribution >= 0.6 is 0 Å². The zero-order valence-corrected chi connectivity index (χ0v) is 16.8. The SMILES string of the molecule is C=C/C(=C\C)c1ccc(C2CCC(CCCC(C)CCC)CC2)cc1. The summed E-state index contributed by atoms with van der Waals surface area (Å²) >= 11 is 0. The molecule has 1 aromatic rings. The first-order chi connectivity index (χ1) is 12.2. The predicted molar refractivity (Wildman–Crippen MR) is 113 cm³/mol. The Labute approximate surface area is 156 Å². The molecule has 25 heavy (non-hydrogen) atoms. The summed E-state index contributed by atoms with van der Waals surface area (Å²) in [4.78, 5) is 0. The van der Waals surface area contributed by atoms with Crippen molar-refractivity contribution in [1.29, 1.82) is 0 Å². The molecule has 0 spiro atoms. The Bertz CT molecular complexity index is 526. The molecular formula is C25H38. The molecule has 0 heterocycles. The first-order valence-corrected chi connectivity index (χ1v) is 10.6. The van der Waals surface area contributed by atoms with Gasteiger partial charge in [-0.25, -0.2) is 0 Å². The van der Waals surface area contributed by atoms with Crippen LogP contribution in [0, 0.1) is 11.8 Å². The van der Waals surface area contributed by atoms with Gasteiger partial charge in [-0.3, -0.25) is 0 Å². The van der Waals surface area contributed by atoms with E-state index in [1.165, 1.54) is 68.9 Å². The van der Waals surface area contributed by atoms with Crippen LogP contribution in [0.15, 0.2) is 43.0 Å². The maximum Gasteiger partial charge on any atom is -0.0162 e. The highest BCUT2D eigenvalue weighted by molar-refractivity contribution is 5.73. The van der Waals surface area contributed by atoms with E-state index >= 15 is 0 Å². The molecule has 1 aromatic carbocycles. The molecule has 0 amide bonds. The van der Waals surface area contributed by atoms with E-state index in [1.54, 1.807) is 5.56 Å². The summed E-state index contributed by atoms with van der Waals surface area (Å²) in [5, 5.41) is 0. The lowest BCUT2D eigenvalue weighted by Crippen LogP contribution is -2.13. The van der Waals surface area contributed by atoms with Crippen LogP contribution in [0.25, 0.3) is 5.57 Å². The molecule has 1 atom stereocenters. The average molecular weight is 339 g/mol. The van der Waals surface area contributed by atoms with Gasteiger partial charge in [0.15, 0.2) is 0 Å². The number of hydrogen-bond donors (Lipinski definition) is 0. The number of benzene rings is 1. The molecule has 0 nitrogen and oxygen atoms in total. The van der Waals surface area contributed by atoms with Gasteiger partial charge in [-0.05, 0) is 67.1 Å². The zero-order chi connectivity index (χ0) is 18.1. The Morgan fingerprint density at radius 3 is 2.36 bits per heavy atom. The van der Waals surface area contributed by atoms with Crippen molar-refractivity contribution < 1.29 is 0 Å². The quantitative estimate of drug-likeness (QED) is 0.398. The second kappa shape index (κ2) is 10.6. The van der Waals surface area contributed by atoms with E-state index in [1.807, 2.05) is 6.08 Å². The van der Waals surface area contributed by atoms with Crippen LogP contribution in [-0.2, 0) is 0 Å². The smallest absolute Gasteiger partial charge is 0.0162 e. The van der Waals surface area contributed by atoms with Crippen molar-refractivity contribution in [1.82, 2.24) is 0 Å². The standard InChI is InChI=1S/C25H38/c1-5-9-20(4)10-8-11-21-12-14-24(15-13-21)25-18-16-23(17-19-25)22(6-2)7-3/h6-7,16-21,24H,2,5,8-15H2,1,3-4H3/b22-7+. The number of rotatable bonds is 9. The summed E-state index contributed by atoms with van der Waals surface area (Å²) in [7, 11) is 0. The van der Waals surface area contributed by atoms with Gasteiger partial charge >= 0.3 is 0 Å². The highest BCUT2D eigenvalue weighted by Crippen LogP contribution is 2.38. The van der Waals surface area contributed by atoms with Crippen molar-refractivity contribution in [3.63, 3.8) is 0 Å². The van der Waals surface area contributed by atoms with Gasteiger partial charge in [0.2, 0.25) is 0 Å². The normalized spacial score (nSPS) is 22.6. The summed E-state index contributed by atoms with van der Waals surface area (Å²) in [5.41, 5.74) is 4.06. The van der Waals surface area contributed by atoms with E-state index in [0.29, 0.717) is 0 Å². The highest BCUT2D eigenvalue weighted by Gasteiger charge is 2.22. The van der Waals surface area contributed by atoms with Crippen molar-refractivity contribution in [3.8, 4) is 0 Å². The minimum Gasteiger partial charge on any atom is -0.0985 e. The van der Waals surface area contributed by atoms with Crippen molar-refractivity contribution in [2.24, 2.45) is 11.8 Å². The molecule has 1 aliphatic rings. The van der Waals surface area contributed by atoms with E-state index in [9.17, 15) is 0 Å². The van der Waals surface area contributed by atoms with E-state index in [-0.39, 0.29) is 0 Å². The molecule has 1 unspecified atom stereocenters. The van der Waals surface area contributed by atoms with Gasteiger partial charge in [-0.1, -0.05) is 88.9 Å². The minimum atomic E-state index is 0.780. The molecule has 1 aliphatic carbocycles. The van der Waals surface area contributed by atoms with E-state index < -0.39 is 0 Å². The van der Waals surface area contributed by atoms with Crippen LogP contribution in [0.5, 0.6) is 0 Å². The Balaban J connectivity index is 1.77. The van der Waals surface area contributed by atoms with E-state index in [2.05, 4.69) is 57.7 Å². The average Bonchev–Trinajstić information content (AvgIpc) is 2.64. The molecule has 0 aromatic heterocycles. The van der Waals surface area contributed by atoms with Crippen LogP contribution in [0.1, 0.15) is 95.6 Å². The second-order valence-electron chi connectivity index (χ2n) is 8.11. The van der Waals surface area contributed by atoms with Crippen molar-refractivity contribution in [2.75, 3.05) is 0 Å². The summed E-state index contributed by atoms with van der Waals surface area (Å²) in [6, 6.07) is 9.24. The molecule has 0 radical (unpaired) electrons. The van der Waals surface area contributed by atoms with Gasteiger partial charge in [0.05, 0.1) is 0 Å². The van der Waals surface area contributed by atoms with Gasteiger partial charge in [0, 0.05) is 0 Å². The molecule has 2 rings (SSSR count). The van der Waals surface area contributed by atoms with Gasteiger partial charge in [0.1, 0.15) is 0 Å². The third kappa shape index (κ3) is 6.17. The van der Waals surface area contributed by atoms with Gasteiger partial charge in [0.25, 0.3) is 0 Å². The summed E-state index contributed by atoms with van der Waals surface area (Å²) in [5.74, 6) is 2.69. The van der Waals surface area contributed by atoms with Crippen molar-refractivity contribution >= 4 is 5.57 Å². The lowest BCUT2D eigenvalue weighted by Gasteiger charge is -2.29. The first kappa shape index (κ1) is 20.0. The Morgan fingerprint density at radius 1 is 1.12 bits per heavy atom. The molecule has 0 saturated heterocycles. The summed E-state index contributed by atoms with van der Waals surface area (Å²) < 4.78 is 0. The topological polar surface area (TPSA) is 0 Å². The lowest BCUT2D eigenvalue weighted by atomic mass is 9.76. The number of hydrogen-bond acceptors (Lipinski definition) is 0. The Kier molecular flexibility index (Phi) is 8.52. The van der Waals surface area contributed by atoms with Crippen LogP contribution in [0.3, 0.4) is 0 Å². The Morgan fingerprint density at radius 2 is 1.80 bits per heavy atom. The fraction of sp³-hybridized carbons (Fsp3) is 0.600. The maximum absolute atomic E-state index is 3.91. The molecule has 138 valence electrons. The predicted octanol–water partition coefficient (Wildman–Crippen LogP) is 8.16. The molecule has 1 fully saturated rings.